The van der Waals surface area contributed by atoms with Gasteiger partial charge in [-0.25, -0.2) is 4.39 Å². The maximum atomic E-state index is 12.9. The number of carbonyl (C=O) groups is 2. The first-order valence-corrected chi connectivity index (χ1v) is 8.07. The van der Waals surface area contributed by atoms with E-state index in [0.29, 0.717) is 5.56 Å². The molecule has 0 saturated carbocycles. The van der Waals surface area contributed by atoms with Crippen LogP contribution < -0.4 is 10.9 Å². The molecule has 3 rings (SSSR count). The number of carbonyl (C=O) groups excluding carboxylic acids is 2. The normalized spacial score (nSPS) is 10.4. The highest BCUT2D eigenvalue weighted by molar-refractivity contribution is 5.99. The Hall–Kier alpha value is -3.41. The average Bonchev–Trinajstić information content (AvgIpc) is 2.98. The molecule has 1 heterocycles. The summed E-state index contributed by atoms with van der Waals surface area (Å²) in [6.45, 7) is 4.03. The summed E-state index contributed by atoms with van der Waals surface area (Å²) in [5.41, 5.74) is 8.49. The SMILES string of the molecule is Cc1ccc(C)n1-c1ccc(C(=O)NNC(=O)c2ccc(F)cc2)cc1. The zero-order valence-corrected chi connectivity index (χ0v) is 14.4. The summed E-state index contributed by atoms with van der Waals surface area (Å²) >= 11 is 0. The van der Waals surface area contributed by atoms with Crippen molar-refractivity contribution in [2.45, 2.75) is 13.8 Å². The van der Waals surface area contributed by atoms with Gasteiger partial charge in [0.1, 0.15) is 5.82 Å². The molecule has 0 bridgehead atoms. The zero-order chi connectivity index (χ0) is 18.7. The number of rotatable bonds is 3. The summed E-state index contributed by atoms with van der Waals surface area (Å²) in [5, 5.41) is 0. The van der Waals surface area contributed by atoms with Gasteiger partial charge in [0.2, 0.25) is 0 Å². The topological polar surface area (TPSA) is 63.1 Å². The molecule has 2 N–H and O–H groups in total. The fourth-order valence-corrected chi connectivity index (χ4v) is 2.70. The number of aryl methyl sites for hydroxylation is 2. The highest BCUT2D eigenvalue weighted by Gasteiger charge is 2.10. The summed E-state index contributed by atoms with van der Waals surface area (Å²) < 4.78 is 14.9. The molecule has 132 valence electrons. The number of nitrogens with zero attached hydrogens (tertiary/aromatic N) is 1. The van der Waals surface area contributed by atoms with E-state index in [9.17, 15) is 14.0 Å². The summed E-state index contributed by atoms with van der Waals surface area (Å²) in [4.78, 5) is 24.1. The maximum Gasteiger partial charge on any atom is 0.269 e. The van der Waals surface area contributed by atoms with Crippen LogP contribution in [0.5, 0.6) is 0 Å². The van der Waals surface area contributed by atoms with Crippen molar-refractivity contribution in [2.75, 3.05) is 0 Å². The van der Waals surface area contributed by atoms with Gasteiger partial charge in [0.15, 0.2) is 0 Å². The number of halogens is 1. The predicted molar refractivity (Wildman–Crippen MR) is 96.6 cm³/mol. The molecule has 0 aliphatic heterocycles. The van der Waals surface area contributed by atoms with Gasteiger partial charge in [0.25, 0.3) is 11.8 Å². The van der Waals surface area contributed by atoms with Crippen molar-refractivity contribution in [2.24, 2.45) is 0 Å². The third-order valence-corrected chi connectivity index (χ3v) is 4.05. The van der Waals surface area contributed by atoms with Gasteiger partial charge in [-0.05, 0) is 74.5 Å². The molecule has 0 radical (unpaired) electrons. The Morgan fingerprint density at radius 2 is 1.15 bits per heavy atom. The Labute approximate surface area is 150 Å². The van der Waals surface area contributed by atoms with Gasteiger partial charge in [0.05, 0.1) is 0 Å². The summed E-state index contributed by atoms with van der Waals surface area (Å²) in [6, 6.07) is 16.2. The second-order valence-electron chi connectivity index (χ2n) is 5.91. The largest absolute Gasteiger partial charge is 0.319 e. The highest BCUT2D eigenvalue weighted by Crippen LogP contribution is 2.16. The fraction of sp³-hybridized carbons (Fsp3) is 0.100. The average molecular weight is 351 g/mol. The molecule has 0 aliphatic carbocycles. The van der Waals surface area contributed by atoms with E-state index in [0.717, 1.165) is 17.1 Å². The van der Waals surface area contributed by atoms with E-state index >= 15 is 0 Å². The first kappa shape index (κ1) is 17.4. The first-order valence-electron chi connectivity index (χ1n) is 8.07. The molecule has 1 aromatic heterocycles. The van der Waals surface area contributed by atoms with E-state index in [4.69, 9.17) is 0 Å². The molecule has 5 nitrogen and oxygen atoms in total. The van der Waals surface area contributed by atoms with Crippen LogP contribution in [0, 0.1) is 19.7 Å². The minimum Gasteiger partial charge on any atom is -0.319 e. The lowest BCUT2D eigenvalue weighted by Crippen LogP contribution is -2.41. The van der Waals surface area contributed by atoms with Crippen LogP contribution in [0.2, 0.25) is 0 Å². The molecule has 0 fully saturated rings. The van der Waals surface area contributed by atoms with Crippen molar-refractivity contribution < 1.29 is 14.0 Å². The number of benzene rings is 2. The van der Waals surface area contributed by atoms with Gasteiger partial charge >= 0.3 is 0 Å². The van der Waals surface area contributed by atoms with Crippen LogP contribution in [0.3, 0.4) is 0 Å². The molecular formula is C20H18FN3O2. The van der Waals surface area contributed by atoms with Crippen LogP contribution in [0.15, 0.2) is 60.7 Å². The third-order valence-electron chi connectivity index (χ3n) is 4.05. The minimum atomic E-state index is -0.520. The monoisotopic (exact) mass is 351 g/mol. The van der Waals surface area contributed by atoms with Crippen LogP contribution in [-0.4, -0.2) is 16.4 Å². The molecule has 0 saturated heterocycles. The van der Waals surface area contributed by atoms with Gasteiger partial charge < -0.3 is 4.57 Å². The summed E-state index contributed by atoms with van der Waals surface area (Å²) in [6.07, 6.45) is 0. The summed E-state index contributed by atoms with van der Waals surface area (Å²) in [7, 11) is 0. The summed E-state index contributed by atoms with van der Waals surface area (Å²) in [5.74, 6) is -1.39. The molecule has 3 aromatic rings. The van der Waals surface area contributed by atoms with Crippen LogP contribution in [0.4, 0.5) is 4.39 Å². The van der Waals surface area contributed by atoms with Crippen molar-refractivity contribution in [3.63, 3.8) is 0 Å². The lowest BCUT2D eigenvalue weighted by Gasteiger charge is -2.11. The Bertz CT molecular complexity index is 925. The van der Waals surface area contributed by atoms with Crippen molar-refractivity contribution in [3.8, 4) is 5.69 Å². The van der Waals surface area contributed by atoms with E-state index in [1.165, 1.54) is 24.3 Å². The van der Waals surface area contributed by atoms with Gasteiger partial charge in [0, 0.05) is 28.2 Å². The van der Waals surface area contributed by atoms with E-state index in [1.54, 1.807) is 12.1 Å². The molecule has 0 spiro atoms. The maximum absolute atomic E-state index is 12.9. The van der Waals surface area contributed by atoms with Crippen LogP contribution in [0.1, 0.15) is 32.1 Å². The van der Waals surface area contributed by atoms with E-state index in [-0.39, 0.29) is 5.56 Å². The Morgan fingerprint density at radius 3 is 1.62 bits per heavy atom. The molecular weight excluding hydrogens is 333 g/mol. The lowest BCUT2D eigenvalue weighted by molar-refractivity contribution is 0.0846. The Morgan fingerprint density at radius 1 is 0.731 bits per heavy atom. The van der Waals surface area contributed by atoms with Gasteiger partial charge in [-0.2, -0.15) is 0 Å². The number of hydrazine groups is 1. The highest BCUT2D eigenvalue weighted by atomic mass is 19.1. The second kappa shape index (κ2) is 7.23. The van der Waals surface area contributed by atoms with Crippen LogP contribution in [-0.2, 0) is 0 Å². The molecule has 0 unspecified atom stereocenters. The number of aromatic nitrogens is 1. The van der Waals surface area contributed by atoms with Gasteiger partial charge in [-0.15, -0.1) is 0 Å². The molecule has 0 aliphatic rings. The minimum absolute atomic E-state index is 0.251. The molecule has 26 heavy (non-hydrogen) atoms. The van der Waals surface area contributed by atoms with Gasteiger partial charge in [-0.3, -0.25) is 20.4 Å². The zero-order valence-electron chi connectivity index (χ0n) is 14.4. The lowest BCUT2D eigenvalue weighted by atomic mass is 10.2. The van der Waals surface area contributed by atoms with Gasteiger partial charge in [-0.1, -0.05) is 0 Å². The molecule has 0 atom stereocenters. The number of nitrogens with one attached hydrogen (secondary N) is 2. The van der Waals surface area contributed by atoms with E-state index in [2.05, 4.69) is 15.4 Å². The van der Waals surface area contributed by atoms with E-state index in [1.807, 2.05) is 38.1 Å². The van der Waals surface area contributed by atoms with Crippen molar-refractivity contribution >= 4 is 11.8 Å². The van der Waals surface area contributed by atoms with Crippen molar-refractivity contribution in [1.82, 2.24) is 15.4 Å². The van der Waals surface area contributed by atoms with Crippen molar-refractivity contribution in [3.05, 3.63) is 89.0 Å². The smallest absolute Gasteiger partial charge is 0.269 e. The fourth-order valence-electron chi connectivity index (χ4n) is 2.70. The third kappa shape index (κ3) is 3.64. The second-order valence-corrected chi connectivity index (χ2v) is 5.91. The quantitative estimate of drug-likeness (QED) is 0.711. The Kier molecular flexibility index (Phi) is 4.84. The van der Waals surface area contributed by atoms with Crippen LogP contribution >= 0.6 is 0 Å². The first-order chi connectivity index (χ1) is 12.5. The van der Waals surface area contributed by atoms with E-state index < -0.39 is 17.6 Å². The number of amides is 2. The Balaban J connectivity index is 1.65. The molecule has 2 aromatic carbocycles. The van der Waals surface area contributed by atoms with Crippen LogP contribution in [0.25, 0.3) is 5.69 Å². The van der Waals surface area contributed by atoms with Crippen molar-refractivity contribution in [1.29, 1.82) is 0 Å². The molecule has 6 heteroatoms. The molecule has 2 amide bonds. The predicted octanol–water partition coefficient (Wildman–Crippen LogP) is 3.31. The standard InChI is InChI=1S/C20H18FN3O2/c1-13-3-4-14(2)24(13)18-11-7-16(8-12-18)20(26)23-22-19(25)15-5-9-17(21)10-6-15/h3-12H,1-2H3,(H,22,25)(H,23,26). The number of hydrogen-bond acceptors (Lipinski definition) is 2. The number of hydrogen-bond donors (Lipinski definition) is 2.